The second-order valence-electron chi connectivity index (χ2n) is 12.0. The number of rotatable bonds is 2. The van der Waals surface area contributed by atoms with Gasteiger partial charge in [-0.25, -0.2) is 0 Å². The van der Waals surface area contributed by atoms with Crippen molar-refractivity contribution in [3.63, 3.8) is 0 Å². The van der Waals surface area contributed by atoms with Crippen LogP contribution in [-0.4, -0.2) is 43.1 Å². The number of carbonyl (C=O) groups is 3. The quantitative estimate of drug-likeness (QED) is 0.281. The molecule has 0 aromatic carbocycles. The predicted molar refractivity (Wildman–Crippen MR) is 114 cm³/mol. The van der Waals surface area contributed by atoms with Gasteiger partial charge in [0.1, 0.15) is 18.2 Å². The molecule has 5 aliphatic carbocycles. The van der Waals surface area contributed by atoms with Crippen LogP contribution in [0.3, 0.4) is 0 Å². The molecular formula is C26H34O6. The summed E-state index contributed by atoms with van der Waals surface area (Å²) in [6, 6.07) is 0. The Morgan fingerprint density at radius 1 is 1.19 bits per heavy atom. The van der Waals surface area contributed by atoms with E-state index >= 15 is 0 Å². The van der Waals surface area contributed by atoms with Gasteiger partial charge < -0.3 is 19.0 Å². The Morgan fingerprint density at radius 2 is 1.91 bits per heavy atom. The Labute approximate surface area is 189 Å². The maximum atomic E-state index is 14.0. The van der Waals surface area contributed by atoms with Crippen LogP contribution >= 0.6 is 0 Å². The molecule has 1 heterocycles. The molecule has 6 nitrogen and oxygen atoms in total. The molecule has 0 unspecified atom stereocenters. The lowest BCUT2D eigenvalue weighted by Crippen LogP contribution is -2.64. The Hall–Kier alpha value is -1.53. The van der Waals surface area contributed by atoms with Crippen LogP contribution in [0.1, 0.15) is 66.2 Å². The lowest BCUT2D eigenvalue weighted by molar-refractivity contribution is -0.240. The summed E-state index contributed by atoms with van der Waals surface area (Å²) in [5.41, 5.74) is -0.523. The van der Waals surface area contributed by atoms with Gasteiger partial charge in [0.15, 0.2) is 5.79 Å². The molecule has 6 heteroatoms. The van der Waals surface area contributed by atoms with E-state index < -0.39 is 16.6 Å². The fourth-order valence-electron chi connectivity index (χ4n) is 9.39. The summed E-state index contributed by atoms with van der Waals surface area (Å²) in [5.74, 6) is -0.689. The minimum Gasteiger partial charge on any atom is -0.462 e. The summed E-state index contributed by atoms with van der Waals surface area (Å²) in [4.78, 5) is 38.7. The molecule has 32 heavy (non-hydrogen) atoms. The topological polar surface area (TPSA) is 78.9 Å². The first kappa shape index (κ1) is 21.0. The molecule has 2 spiro atoms. The standard InChI is InChI=1S/C26H34O6/c1-15(28)32-19-12-23(4)13-21(29)24(14-27)17-7-8-26(30-9-10-31-26)22(2,3)16(17)5-6-20(24)25(23)11-18(19)25/h5,14,17-20H,6-13H2,1-4H3/t17-,18-,19-,20-,23-,24+,25-/m0/s1. The number of Topliss-reactive ketones (excluding diaryl/α,β-unsaturated/α-hetero) is 1. The summed E-state index contributed by atoms with van der Waals surface area (Å²) in [6.45, 7) is 9.13. The first-order chi connectivity index (χ1) is 15.1. The Bertz CT molecular complexity index is 944. The monoisotopic (exact) mass is 442 g/mol. The van der Waals surface area contributed by atoms with Crippen molar-refractivity contribution in [1.29, 1.82) is 0 Å². The third kappa shape index (κ3) is 2.13. The highest BCUT2D eigenvalue weighted by Gasteiger charge is 2.83. The molecule has 0 radical (unpaired) electrons. The van der Waals surface area contributed by atoms with Gasteiger partial charge in [-0.15, -0.1) is 0 Å². The van der Waals surface area contributed by atoms with Crippen LogP contribution in [0.5, 0.6) is 0 Å². The summed E-state index contributed by atoms with van der Waals surface area (Å²) >= 11 is 0. The molecule has 6 rings (SSSR count). The number of fused-ring (bicyclic) bond motifs is 3. The predicted octanol–water partition coefficient (Wildman–Crippen LogP) is 3.62. The van der Waals surface area contributed by atoms with Crippen LogP contribution in [-0.2, 0) is 28.6 Å². The Balaban J connectivity index is 1.45. The van der Waals surface area contributed by atoms with Crippen LogP contribution in [0.25, 0.3) is 0 Å². The van der Waals surface area contributed by atoms with Crippen LogP contribution in [0.2, 0.25) is 0 Å². The zero-order chi connectivity index (χ0) is 22.7. The first-order valence-corrected chi connectivity index (χ1v) is 12.2. The van der Waals surface area contributed by atoms with Gasteiger partial charge in [0.2, 0.25) is 0 Å². The van der Waals surface area contributed by atoms with Gasteiger partial charge in [-0.05, 0) is 42.4 Å². The lowest BCUT2D eigenvalue weighted by Gasteiger charge is -2.61. The first-order valence-electron chi connectivity index (χ1n) is 12.2. The highest BCUT2D eigenvalue weighted by atomic mass is 16.7. The average Bonchev–Trinajstić information content (AvgIpc) is 3.21. The molecule has 5 fully saturated rings. The minimum absolute atomic E-state index is 0.0201. The molecule has 0 aromatic rings. The van der Waals surface area contributed by atoms with Gasteiger partial charge in [-0.3, -0.25) is 9.59 Å². The van der Waals surface area contributed by atoms with E-state index in [4.69, 9.17) is 14.2 Å². The average molecular weight is 443 g/mol. The molecular weight excluding hydrogens is 408 g/mol. The van der Waals surface area contributed by atoms with E-state index in [1.165, 1.54) is 6.92 Å². The zero-order valence-corrected chi connectivity index (χ0v) is 19.6. The van der Waals surface area contributed by atoms with Crippen molar-refractivity contribution < 1.29 is 28.6 Å². The van der Waals surface area contributed by atoms with Gasteiger partial charge in [-0.1, -0.05) is 32.4 Å². The molecule has 1 saturated heterocycles. The van der Waals surface area contributed by atoms with E-state index in [1.807, 2.05) is 0 Å². The van der Waals surface area contributed by atoms with Crippen molar-refractivity contribution in [1.82, 2.24) is 0 Å². The van der Waals surface area contributed by atoms with Crippen molar-refractivity contribution >= 4 is 18.0 Å². The largest absolute Gasteiger partial charge is 0.462 e. The van der Waals surface area contributed by atoms with E-state index in [-0.39, 0.29) is 46.4 Å². The van der Waals surface area contributed by atoms with Gasteiger partial charge in [0.25, 0.3) is 0 Å². The maximum absolute atomic E-state index is 14.0. The molecule has 0 N–H and O–H groups in total. The van der Waals surface area contributed by atoms with Crippen LogP contribution < -0.4 is 0 Å². The van der Waals surface area contributed by atoms with Crippen molar-refractivity contribution in [3.05, 3.63) is 11.6 Å². The van der Waals surface area contributed by atoms with E-state index in [9.17, 15) is 14.4 Å². The molecule has 1 aliphatic heterocycles. The minimum atomic E-state index is -0.985. The second-order valence-corrected chi connectivity index (χ2v) is 12.0. The third-order valence-electron chi connectivity index (χ3n) is 10.7. The molecule has 0 aromatic heterocycles. The van der Waals surface area contributed by atoms with Gasteiger partial charge in [0.05, 0.1) is 18.6 Å². The van der Waals surface area contributed by atoms with Crippen molar-refractivity contribution in [2.75, 3.05) is 13.2 Å². The number of carbonyl (C=O) groups excluding carboxylic acids is 3. The number of ether oxygens (including phenoxy) is 3. The number of ketones is 1. The number of allylic oxidation sites excluding steroid dienone is 1. The number of esters is 1. The van der Waals surface area contributed by atoms with Gasteiger partial charge in [-0.2, -0.15) is 0 Å². The lowest BCUT2D eigenvalue weighted by atomic mass is 9.41. The molecule has 174 valence electrons. The zero-order valence-electron chi connectivity index (χ0n) is 19.6. The fraction of sp³-hybridized carbons (Fsp3) is 0.808. The van der Waals surface area contributed by atoms with E-state index in [2.05, 4.69) is 26.8 Å². The highest BCUT2D eigenvalue weighted by Crippen LogP contribution is 2.83. The summed E-state index contributed by atoms with van der Waals surface area (Å²) in [5, 5.41) is 0. The normalized spacial score (nSPS) is 49.4. The number of aldehydes is 1. The summed E-state index contributed by atoms with van der Waals surface area (Å²) < 4.78 is 18.0. The second kappa shape index (κ2) is 6.12. The van der Waals surface area contributed by atoms with E-state index in [1.54, 1.807) is 0 Å². The van der Waals surface area contributed by atoms with Crippen LogP contribution in [0.4, 0.5) is 0 Å². The molecule has 0 bridgehead atoms. The van der Waals surface area contributed by atoms with E-state index in [0.717, 1.165) is 31.1 Å². The van der Waals surface area contributed by atoms with Crippen molar-refractivity contribution in [2.45, 2.75) is 78.1 Å². The van der Waals surface area contributed by atoms with E-state index in [0.29, 0.717) is 32.5 Å². The Morgan fingerprint density at radius 3 is 2.56 bits per heavy atom. The highest BCUT2D eigenvalue weighted by molar-refractivity contribution is 6.01. The third-order valence-corrected chi connectivity index (χ3v) is 10.7. The van der Waals surface area contributed by atoms with Gasteiger partial charge in [0, 0.05) is 37.0 Å². The maximum Gasteiger partial charge on any atom is 0.302 e. The molecule has 4 saturated carbocycles. The number of hydrogen-bond donors (Lipinski definition) is 0. The van der Waals surface area contributed by atoms with Crippen molar-refractivity contribution in [2.24, 2.45) is 39.4 Å². The molecule has 7 atom stereocenters. The van der Waals surface area contributed by atoms with Crippen LogP contribution in [0, 0.1) is 39.4 Å². The van der Waals surface area contributed by atoms with Gasteiger partial charge >= 0.3 is 5.97 Å². The molecule has 0 amide bonds. The molecule has 6 aliphatic rings. The SMILES string of the molecule is CC(=O)O[C@H]1C[C@@]2(C)CC(=O)[C@]3(C=O)[C@H]4CCC5(OCCO5)C(C)(C)C4=CC[C@@H]3[C@@]23C[C@@H]13. The summed E-state index contributed by atoms with van der Waals surface area (Å²) in [6.07, 6.45) is 7.41. The fourth-order valence-corrected chi connectivity index (χ4v) is 9.39. The number of hydrogen-bond acceptors (Lipinski definition) is 6. The Kier molecular flexibility index (Phi) is 4.02. The smallest absolute Gasteiger partial charge is 0.302 e. The summed E-state index contributed by atoms with van der Waals surface area (Å²) in [7, 11) is 0. The van der Waals surface area contributed by atoms with Crippen molar-refractivity contribution in [3.8, 4) is 0 Å². The van der Waals surface area contributed by atoms with Crippen LogP contribution in [0.15, 0.2) is 11.6 Å².